The molecular formula is C9H22O6Si. The van der Waals surface area contributed by atoms with Crippen molar-refractivity contribution in [1.82, 2.24) is 0 Å². The molecule has 0 heterocycles. The van der Waals surface area contributed by atoms with Gasteiger partial charge in [0, 0.05) is 33.8 Å². The largest absolute Gasteiger partial charge is 0.500 e. The van der Waals surface area contributed by atoms with E-state index in [4.69, 9.17) is 18.0 Å². The van der Waals surface area contributed by atoms with E-state index in [-0.39, 0.29) is 19.1 Å². The third-order valence-corrected chi connectivity index (χ3v) is 4.96. The van der Waals surface area contributed by atoms with Crippen LogP contribution in [0, 0.1) is 0 Å². The summed E-state index contributed by atoms with van der Waals surface area (Å²) in [5, 5.41) is 19.0. The van der Waals surface area contributed by atoms with Crippen molar-refractivity contribution in [1.29, 1.82) is 0 Å². The summed E-state index contributed by atoms with van der Waals surface area (Å²) in [7, 11) is 1.66. The number of rotatable bonds is 9. The van der Waals surface area contributed by atoms with Crippen molar-refractivity contribution < 1.29 is 28.2 Å². The van der Waals surface area contributed by atoms with Crippen LogP contribution < -0.4 is 0 Å². The van der Waals surface area contributed by atoms with Crippen LogP contribution in [-0.2, 0) is 18.0 Å². The molecule has 0 saturated carbocycles. The van der Waals surface area contributed by atoms with Crippen molar-refractivity contribution in [3.05, 3.63) is 0 Å². The molecule has 0 atom stereocenters. The molecule has 0 fully saturated rings. The molecule has 2 N–H and O–H groups in total. The standard InChI is InChI=1S/C9H22O6Si/c1-5-7-15-9(10,11)6-8-16(12-2,13-3)14-4/h10-11H,5-8H2,1-4H3. The van der Waals surface area contributed by atoms with E-state index in [1.807, 2.05) is 6.92 Å². The topological polar surface area (TPSA) is 77.4 Å². The first-order valence-corrected chi connectivity index (χ1v) is 7.12. The van der Waals surface area contributed by atoms with Crippen molar-refractivity contribution >= 4 is 8.80 Å². The normalized spacial score (nSPS) is 13.1. The second kappa shape index (κ2) is 7.33. The molecule has 0 saturated heterocycles. The molecule has 0 bridgehead atoms. The minimum Gasteiger partial charge on any atom is -0.377 e. The van der Waals surface area contributed by atoms with Gasteiger partial charge in [0.15, 0.2) is 0 Å². The van der Waals surface area contributed by atoms with E-state index in [1.165, 1.54) is 21.3 Å². The Morgan fingerprint density at radius 3 is 1.94 bits per heavy atom. The average molecular weight is 254 g/mol. The Hall–Kier alpha value is -0.0231. The van der Waals surface area contributed by atoms with Crippen LogP contribution in [0.1, 0.15) is 19.8 Å². The number of hydrogen-bond acceptors (Lipinski definition) is 6. The van der Waals surface area contributed by atoms with E-state index in [2.05, 4.69) is 0 Å². The van der Waals surface area contributed by atoms with Gasteiger partial charge in [-0.3, -0.25) is 0 Å². The van der Waals surface area contributed by atoms with Crippen molar-refractivity contribution in [2.75, 3.05) is 27.9 Å². The Bertz CT molecular complexity index is 175. The Morgan fingerprint density at radius 2 is 1.56 bits per heavy atom. The predicted molar refractivity (Wildman–Crippen MR) is 59.6 cm³/mol. The summed E-state index contributed by atoms with van der Waals surface area (Å²) in [6.07, 6.45) is 0.693. The molecule has 0 aromatic rings. The number of aliphatic hydroxyl groups is 2. The van der Waals surface area contributed by atoms with E-state index < -0.39 is 14.8 Å². The average Bonchev–Trinajstić information content (AvgIpc) is 2.29. The Labute approximate surface area is 97.5 Å². The second-order valence-corrected chi connectivity index (χ2v) is 6.48. The fourth-order valence-electron chi connectivity index (χ4n) is 1.21. The molecule has 0 amide bonds. The molecule has 6 nitrogen and oxygen atoms in total. The highest BCUT2D eigenvalue weighted by Crippen LogP contribution is 2.21. The van der Waals surface area contributed by atoms with Crippen LogP contribution in [0.3, 0.4) is 0 Å². The zero-order chi connectivity index (χ0) is 12.7. The van der Waals surface area contributed by atoms with Crippen LogP contribution in [-0.4, -0.2) is 52.9 Å². The van der Waals surface area contributed by atoms with E-state index in [0.717, 1.165) is 0 Å². The molecule has 0 unspecified atom stereocenters. The third-order valence-electron chi connectivity index (χ3n) is 2.23. The highest BCUT2D eigenvalue weighted by molar-refractivity contribution is 6.60. The van der Waals surface area contributed by atoms with Crippen molar-refractivity contribution in [3.8, 4) is 0 Å². The van der Waals surface area contributed by atoms with Crippen molar-refractivity contribution in [2.24, 2.45) is 0 Å². The molecule has 0 spiro atoms. The van der Waals surface area contributed by atoms with Gasteiger partial charge >= 0.3 is 8.80 Å². The van der Waals surface area contributed by atoms with Crippen LogP contribution in [0.2, 0.25) is 6.04 Å². The summed E-state index contributed by atoms with van der Waals surface area (Å²) in [5.41, 5.74) is 0. The maximum atomic E-state index is 9.48. The monoisotopic (exact) mass is 254 g/mol. The van der Waals surface area contributed by atoms with Crippen LogP contribution in [0.15, 0.2) is 0 Å². The van der Waals surface area contributed by atoms with Crippen LogP contribution >= 0.6 is 0 Å². The Balaban J connectivity index is 4.18. The Morgan fingerprint density at radius 1 is 1.06 bits per heavy atom. The lowest BCUT2D eigenvalue weighted by Gasteiger charge is -2.28. The molecule has 0 aromatic carbocycles. The molecule has 0 aromatic heterocycles. The lowest BCUT2D eigenvalue weighted by Crippen LogP contribution is -2.45. The van der Waals surface area contributed by atoms with Gasteiger partial charge in [0.25, 0.3) is 5.97 Å². The maximum Gasteiger partial charge on any atom is 0.500 e. The Kier molecular flexibility index (Phi) is 7.32. The lowest BCUT2D eigenvalue weighted by atomic mass is 10.4. The first kappa shape index (κ1) is 16.0. The molecule has 0 aliphatic carbocycles. The number of ether oxygens (including phenoxy) is 1. The fraction of sp³-hybridized carbons (Fsp3) is 1.00. The van der Waals surface area contributed by atoms with Crippen LogP contribution in [0.4, 0.5) is 0 Å². The summed E-state index contributed by atoms with van der Waals surface area (Å²) >= 11 is 0. The molecule has 0 rings (SSSR count). The quantitative estimate of drug-likeness (QED) is 0.456. The van der Waals surface area contributed by atoms with Crippen LogP contribution in [0.25, 0.3) is 0 Å². The summed E-state index contributed by atoms with van der Waals surface area (Å²) in [6, 6.07) is 0.271. The maximum absolute atomic E-state index is 9.48. The van der Waals surface area contributed by atoms with E-state index in [0.29, 0.717) is 6.42 Å². The van der Waals surface area contributed by atoms with E-state index >= 15 is 0 Å². The third kappa shape index (κ3) is 5.35. The summed E-state index contributed by atoms with van der Waals surface area (Å²) in [4.78, 5) is 0. The summed E-state index contributed by atoms with van der Waals surface area (Å²) in [6.45, 7) is 2.17. The molecule has 98 valence electrons. The zero-order valence-corrected chi connectivity index (χ0v) is 11.4. The van der Waals surface area contributed by atoms with Crippen molar-refractivity contribution in [3.63, 3.8) is 0 Å². The minimum atomic E-state index is -2.77. The first-order chi connectivity index (χ1) is 7.45. The molecule has 0 radical (unpaired) electrons. The molecular weight excluding hydrogens is 232 g/mol. The first-order valence-electron chi connectivity index (χ1n) is 5.19. The SMILES string of the molecule is CCCOC(O)(O)CC[Si](OC)(OC)OC. The lowest BCUT2D eigenvalue weighted by molar-refractivity contribution is -0.338. The van der Waals surface area contributed by atoms with Crippen molar-refractivity contribution in [2.45, 2.75) is 31.8 Å². The summed E-state index contributed by atoms with van der Waals surface area (Å²) in [5.74, 6) is -2.15. The van der Waals surface area contributed by atoms with Gasteiger partial charge in [-0.25, -0.2) is 0 Å². The van der Waals surface area contributed by atoms with Gasteiger partial charge in [0.05, 0.1) is 6.61 Å². The summed E-state index contributed by atoms with van der Waals surface area (Å²) < 4.78 is 20.3. The molecule has 0 aliphatic heterocycles. The molecule has 16 heavy (non-hydrogen) atoms. The van der Waals surface area contributed by atoms with Gasteiger partial charge in [0.2, 0.25) is 0 Å². The number of hydrogen-bond donors (Lipinski definition) is 2. The molecule has 7 heteroatoms. The van der Waals surface area contributed by atoms with Gasteiger partial charge in [-0.05, 0) is 6.42 Å². The smallest absolute Gasteiger partial charge is 0.377 e. The highest BCUT2D eigenvalue weighted by Gasteiger charge is 2.41. The molecule has 0 aliphatic rings. The van der Waals surface area contributed by atoms with Crippen LogP contribution in [0.5, 0.6) is 0 Å². The predicted octanol–water partition coefficient (Wildman–Crippen LogP) is 0.320. The fourth-order valence-corrected chi connectivity index (χ4v) is 2.95. The zero-order valence-electron chi connectivity index (χ0n) is 10.4. The van der Waals surface area contributed by atoms with Gasteiger partial charge in [-0.1, -0.05) is 6.92 Å². The van der Waals surface area contributed by atoms with Gasteiger partial charge in [-0.2, -0.15) is 0 Å². The highest BCUT2D eigenvalue weighted by atomic mass is 28.4. The second-order valence-electron chi connectivity index (χ2n) is 3.39. The minimum absolute atomic E-state index is 0.0191. The van der Waals surface area contributed by atoms with E-state index in [1.54, 1.807) is 0 Å². The van der Waals surface area contributed by atoms with Gasteiger partial charge in [-0.15, -0.1) is 0 Å². The van der Waals surface area contributed by atoms with E-state index in [9.17, 15) is 10.2 Å². The van der Waals surface area contributed by atoms with Gasteiger partial charge < -0.3 is 28.2 Å². The van der Waals surface area contributed by atoms with Gasteiger partial charge in [0.1, 0.15) is 0 Å².